The normalized spacial score (nSPS) is 11.2. The van der Waals surface area contributed by atoms with E-state index in [0.29, 0.717) is 10.8 Å². The van der Waals surface area contributed by atoms with Crippen molar-refractivity contribution in [3.63, 3.8) is 0 Å². The Morgan fingerprint density at radius 2 is 2.16 bits per heavy atom. The summed E-state index contributed by atoms with van der Waals surface area (Å²) in [4.78, 5) is 16.4. The molecule has 3 heterocycles. The SMILES string of the molecule is Cn1c2ccccc2c2nnc(SCC(=O)Nc3nonc3N)nc21. The monoisotopic (exact) mass is 356 g/mol. The average molecular weight is 356 g/mol. The molecule has 1 amide bonds. The highest BCUT2D eigenvalue weighted by Crippen LogP contribution is 2.25. The van der Waals surface area contributed by atoms with Crippen molar-refractivity contribution in [2.24, 2.45) is 7.05 Å². The van der Waals surface area contributed by atoms with Crippen LogP contribution in [0.5, 0.6) is 0 Å². The molecule has 0 saturated heterocycles. The standard InChI is InChI=1S/C14H12N8O2S/c1-22-8-5-3-2-4-7(8)10-13(22)17-14(19-18-10)25-6-9(23)16-12-11(15)20-24-21-12/h2-5H,6H2,1H3,(H2,15,20)(H,16,21,23). The number of thioether (sulfide) groups is 1. The van der Waals surface area contributed by atoms with Gasteiger partial charge < -0.3 is 15.6 Å². The van der Waals surface area contributed by atoms with Crippen LogP contribution in [0.25, 0.3) is 22.1 Å². The van der Waals surface area contributed by atoms with Gasteiger partial charge in [-0.3, -0.25) is 4.79 Å². The Hall–Kier alpha value is -3.21. The number of nitrogens with two attached hydrogens (primary N) is 1. The summed E-state index contributed by atoms with van der Waals surface area (Å²) in [6, 6.07) is 7.87. The lowest BCUT2D eigenvalue weighted by Crippen LogP contribution is -2.15. The van der Waals surface area contributed by atoms with Gasteiger partial charge in [0.2, 0.25) is 22.7 Å². The zero-order chi connectivity index (χ0) is 17.4. The molecule has 0 radical (unpaired) electrons. The predicted octanol–water partition coefficient (Wildman–Crippen LogP) is 1.21. The summed E-state index contributed by atoms with van der Waals surface area (Å²) in [5.74, 6) is -0.140. The number of para-hydroxylation sites is 1. The maximum atomic E-state index is 11.9. The number of rotatable bonds is 4. The van der Waals surface area contributed by atoms with Crippen LogP contribution < -0.4 is 11.1 Å². The van der Waals surface area contributed by atoms with Crippen LogP contribution in [0.15, 0.2) is 34.1 Å². The molecule has 126 valence electrons. The van der Waals surface area contributed by atoms with E-state index in [0.717, 1.165) is 28.2 Å². The van der Waals surface area contributed by atoms with Crippen molar-refractivity contribution in [3.8, 4) is 0 Å². The van der Waals surface area contributed by atoms with E-state index in [1.807, 2.05) is 35.9 Å². The van der Waals surface area contributed by atoms with E-state index in [1.54, 1.807) is 0 Å². The van der Waals surface area contributed by atoms with Crippen LogP contribution in [-0.4, -0.2) is 41.7 Å². The third kappa shape index (κ3) is 2.74. The molecule has 0 fully saturated rings. The summed E-state index contributed by atoms with van der Waals surface area (Å²) >= 11 is 1.16. The summed E-state index contributed by atoms with van der Waals surface area (Å²) in [5, 5.41) is 19.1. The topological polar surface area (TPSA) is 138 Å². The molecule has 0 atom stereocenters. The third-order valence-electron chi connectivity index (χ3n) is 3.59. The van der Waals surface area contributed by atoms with Gasteiger partial charge in [-0.15, -0.1) is 10.2 Å². The molecule has 0 aliphatic carbocycles. The average Bonchev–Trinajstić information content (AvgIpc) is 3.15. The Morgan fingerprint density at radius 1 is 1.32 bits per heavy atom. The number of nitrogens with zero attached hydrogens (tertiary/aromatic N) is 6. The Balaban J connectivity index is 1.54. The number of carbonyl (C=O) groups is 1. The molecule has 4 aromatic rings. The van der Waals surface area contributed by atoms with E-state index in [-0.39, 0.29) is 23.3 Å². The maximum Gasteiger partial charge on any atom is 0.236 e. The number of carbonyl (C=O) groups excluding carboxylic acids is 1. The van der Waals surface area contributed by atoms with Gasteiger partial charge >= 0.3 is 0 Å². The van der Waals surface area contributed by atoms with Crippen molar-refractivity contribution in [2.45, 2.75) is 5.16 Å². The first-order valence-electron chi connectivity index (χ1n) is 7.22. The molecule has 0 unspecified atom stereocenters. The molecule has 0 aliphatic heterocycles. The zero-order valence-corrected chi connectivity index (χ0v) is 13.8. The van der Waals surface area contributed by atoms with E-state index in [1.165, 1.54) is 0 Å². The number of nitrogen functional groups attached to an aromatic ring is 1. The van der Waals surface area contributed by atoms with Crippen molar-refractivity contribution in [3.05, 3.63) is 24.3 Å². The van der Waals surface area contributed by atoms with Crippen LogP contribution >= 0.6 is 11.8 Å². The number of aromatic nitrogens is 6. The number of fused-ring (bicyclic) bond motifs is 3. The van der Waals surface area contributed by atoms with E-state index in [9.17, 15) is 4.79 Å². The Labute approximate surface area is 144 Å². The third-order valence-corrected chi connectivity index (χ3v) is 4.43. The number of amides is 1. The highest BCUT2D eigenvalue weighted by molar-refractivity contribution is 7.99. The van der Waals surface area contributed by atoms with E-state index >= 15 is 0 Å². The summed E-state index contributed by atoms with van der Waals surface area (Å²) in [5.41, 5.74) is 7.95. The van der Waals surface area contributed by atoms with Gasteiger partial charge in [-0.2, -0.15) is 0 Å². The fourth-order valence-electron chi connectivity index (χ4n) is 2.43. The van der Waals surface area contributed by atoms with E-state index in [4.69, 9.17) is 5.73 Å². The molecule has 4 rings (SSSR count). The van der Waals surface area contributed by atoms with Gasteiger partial charge in [0.1, 0.15) is 5.52 Å². The Bertz CT molecular complexity index is 1090. The van der Waals surface area contributed by atoms with E-state index in [2.05, 4.69) is 35.4 Å². The molecule has 0 spiro atoms. The lowest BCUT2D eigenvalue weighted by Gasteiger charge is -2.01. The van der Waals surface area contributed by atoms with Crippen molar-refractivity contribution in [1.82, 2.24) is 30.1 Å². The molecular formula is C14H12N8O2S. The molecule has 25 heavy (non-hydrogen) atoms. The second-order valence-electron chi connectivity index (χ2n) is 5.18. The van der Waals surface area contributed by atoms with Crippen LogP contribution in [0, 0.1) is 0 Å². The van der Waals surface area contributed by atoms with Crippen LogP contribution in [0.1, 0.15) is 0 Å². The number of hydrogen-bond donors (Lipinski definition) is 2. The fourth-order valence-corrected chi connectivity index (χ4v) is 3.02. The van der Waals surface area contributed by atoms with Crippen molar-refractivity contribution in [2.75, 3.05) is 16.8 Å². The second-order valence-corrected chi connectivity index (χ2v) is 6.12. The molecule has 10 nitrogen and oxygen atoms in total. The minimum atomic E-state index is -0.326. The summed E-state index contributed by atoms with van der Waals surface area (Å²) in [6.07, 6.45) is 0. The number of benzene rings is 1. The smallest absolute Gasteiger partial charge is 0.236 e. The van der Waals surface area contributed by atoms with Crippen LogP contribution in [0.4, 0.5) is 11.6 Å². The number of aryl methyl sites for hydroxylation is 1. The summed E-state index contributed by atoms with van der Waals surface area (Å²) < 4.78 is 6.36. The lowest BCUT2D eigenvalue weighted by atomic mass is 10.2. The number of hydrogen-bond acceptors (Lipinski definition) is 9. The van der Waals surface area contributed by atoms with Crippen LogP contribution in [-0.2, 0) is 11.8 Å². The molecule has 3 aromatic heterocycles. The van der Waals surface area contributed by atoms with Crippen molar-refractivity contribution >= 4 is 51.4 Å². The second kappa shape index (κ2) is 6.02. The van der Waals surface area contributed by atoms with Gasteiger partial charge in [0.05, 0.1) is 11.3 Å². The number of anilines is 2. The molecule has 3 N–H and O–H groups in total. The Kier molecular flexibility index (Phi) is 3.69. The zero-order valence-electron chi connectivity index (χ0n) is 13.0. The van der Waals surface area contributed by atoms with Gasteiger partial charge in [0, 0.05) is 12.4 Å². The fraction of sp³-hybridized carbons (Fsp3) is 0.143. The van der Waals surface area contributed by atoms with E-state index < -0.39 is 0 Å². The highest BCUT2D eigenvalue weighted by atomic mass is 32.2. The van der Waals surface area contributed by atoms with Gasteiger partial charge in [-0.1, -0.05) is 30.0 Å². The summed E-state index contributed by atoms with van der Waals surface area (Å²) in [6.45, 7) is 0. The highest BCUT2D eigenvalue weighted by Gasteiger charge is 2.14. The lowest BCUT2D eigenvalue weighted by molar-refractivity contribution is -0.113. The Morgan fingerprint density at radius 3 is 2.96 bits per heavy atom. The van der Waals surface area contributed by atoms with Gasteiger partial charge in [-0.05, 0) is 16.4 Å². The molecule has 0 saturated carbocycles. The van der Waals surface area contributed by atoms with Crippen LogP contribution in [0.2, 0.25) is 0 Å². The first-order chi connectivity index (χ1) is 12.1. The van der Waals surface area contributed by atoms with Crippen LogP contribution in [0.3, 0.4) is 0 Å². The van der Waals surface area contributed by atoms with Crippen molar-refractivity contribution in [1.29, 1.82) is 0 Å². The first-order valence-corrected chi connectivity index (χ1v) is 8.20. The predicted molar refractivity (Wildman–Crippen MR) is 91.9 cm³/mol. The number of nitrogens with one attached hydrogen (secondary N) is 1. The van der Waals surface area contributed by atoms with Gasteiger partial charge in [-0.25, -0.2) is 9.61 Å². The van der Waals surface area contributed by atoms with Crippen molar-refractivity contribution < 1.29 is 9.42 Å². The molecule has 1 aromatic carbocycles. The minimum absolute atomic E-state index is 0.0215. The van der Waals surface area contributed by atoms with Gasteiger partial charge in [0.25, 0.3) is 0 Å². The largest absolute Gasteiger partial charge is 0.378 e. The molecule has 0 aliphatic rings. The van der Waals surface area contributed by atoms with Gasteiger partial charge in [0.15, 0.2) is 5.65 Å². The first kappa shape index (κ1) is 15.3. The molecular weight excluding hydrogens is 344 g/mol. The summed E-state index contributed by atoms with van der Waals surface area (Å²) in [7, 11) is 1.92. The maximum absolute atomic E-state index is 11.9. The minimum Gasteiger partial charge on any atom is -0.378 e. The molecule has 11 heteroatoms. The molecule has 0 bridgehead atoms. The quantitative estimate of drug-likeness (QED) is 0.517.